The molecule has 118 valence electrons. The van der Waals surface area contributed by atoms with Gasteiger partial charge < -0.3 is 9.72 Å². The zero-order chi connectivity index (χ0) is 16.2. The minimum Gasteiger partial charge on any atom is -0.355 e. The molecular formula is C17H15ClFN3O. The van der Waals surface area contributed by atoms with E-state index in [1.165, 1.54) is 12.1 Å². The van der Waals surface area contributed by atoms with Crippen LogP contribution in [0.5, 0.6) is 0 Å². The average Bonchev–Trinajstić information content (AvgIpc) is 2.91. The van der Waals surface area contributed by atoms with Gasteiger partial charge in [-0.2, -0.15) is 0 Å². The number of fused-ring (bicyclic) bond motifs is 1. The van der Waals surface area contributed by atoms with Crippen molar-refractivity contribution < 1.29 is 9.18 Å². The molecule has 0 saturated carbocycles. The molecule has 0 radical (unpaired) electrons. The molecule has 0 atom stereocenters. The molecule has 23 heavy (non-hydrogen) atoms. The fourth-order valence-electron chi connectivity index (χ4n) is 2.32. The van der Waals surface area contributed by atoms with Crippen LogP contribution >= 0.6 is 11.6 Å². The summed E-state index contributed by atoms with van der Waals surface area (Å²) in [6, 6.07) is 9.56. The number of nitrogens with zero attached hydrogens (tertiary/aromatic N) is 2. The Hall–Kier alpha value is -2.40. The number of amides is 1. The van der Waals surface area contributed by atoms with Crippen LogP contribution in [-0.4, -0.2) is 21.8 Å². The molecule has 3 aromatic rings. The molecule has 1 N–H and O–H groups in total. The van der Waals surface area contributed by atoms with Gasteiger partial charge in [-0.1, -0.05) is 23.7 Å². The zero-order valence-electron chi connectivity index (χ0n) is 12.3. The lowest BCUT2D eigenvalue weighted by molar-refractivity contribution is -0.120. The first-order valence-electron chi connectivity index (χ1n) is 7.24. The number of hydrogen-bond acceptors (Lipinski definition) is 2. The maximum absolute atomic E-state index is 12.8. The third-order valence-electron chi connectivity index (χ3n) is 3.45. The number of halogens is 2. The summed E-state index contributed by atoms with van der Waals surface area (Å²) in [7, 11) is 0. The molecule has 3 rings (SSSR count). The summed E-state index contributed by atoms with van der Waals surface area (Å²) in [6.07, 6.45) is 4.56. The molecule has 0 spiro atoms. The van der Waals surface area contributed by atoms with Crippen molar-refractivity contribution in [3.05, 3.63) is 70.9 Å². The van der Waals surface area contributed by atoms with Crippen molar-refractivity contribution in [2.45, 2.75) is 12.8 Å². The van der Waals surface area contributed by atoms with Crippen LogP contribution in [0.25, 0.3) is 5.65 Å². The van der Waals surface area contributed by atoms with E-state index >= 15 is 0 Å². The molecule has 6 heteroatoms. The van der Waals surface area contributed by atoms with Crippen LogP contribution in [0.1, 0.15) is 11.3 Å². The van der Waals surface area contributed by atoms with E-state index in [1.54, 1.807) is 24.4 Å². The molecule has 0 unspecified atom stereocenters. The molecule has 0 aliphatic carbocycles. The second kappa shape index (κ2) is 6.79. The molecule has 0 aliphatic heterocycles. The monoisotopic (exact) mass is 331 g/mol. The number of rotatable bonds is 5. The van der Waals surface area contributed by atoms with E-state index in [0.29, 0.717) is 18.0 Å². The van der Waals surface area contributed by atoms with Crippen LogP contribution in [0.15, 0.2) is 48.8 Å². The van der Waals surface area contributed by atoms with Gasteiger partial charge in [-0.15, -0.1) is 0 Å². The summed E-state index contributed by atoms with van der Waals surface area (Å²) >= 11 is 5.93. The first-order chi connectivity index (χ1) is 11.1. The van der Waals surface area contributed by atoms with E-state index in [1.807, 2.05) is 16.7 Å². The average molecular weight is 332 g/mol. The van der Waals surface area contributed by atoms with E-state index in [2.05, 4.69) is 10.3 Å². The van der Waals surface area contributed by atoms with Gasteiger partial charge in [-0.3, -0.25) is 4.79 Å². The second-order valence-electron chi connectivity index (χ2n) is 5.25. The molecule has 2 heterocycles. The van der Waals surface area contributed by atoms with Crippen molar-refractivity contribution in [2.75, 3.05) is 6.54 Å². The maximum atomic E-state index is 12.8. The lowest BCUT2D eigenvalue weighted by Crippen LogP contribution is -2.27. The number of carbonyl (C=O) groups excluding carboxylic acids is 1. The first-order valence-corrected chi connectivity index (χ1v) is 7.62. The van der Waals surface area contributed by atoms with Gasteiger partial charge >= 0.3 is 0 Å². The Morgan fingerprint density at radius 1 is 1.17 bits per heavy atom. The third-order valence-corrected chi connectivity index (χ3v) is 3.67. The Morgan fingerprint density at radius 2 is 1.96 bits per heavy atom. The second-order valence-corrected chi connectivity index (χ2v) is 5.68. The van der Waals surface area contributed by atoms with Crippen LogP contribution in [0.2, 0.25) is 5.02 Å². The quantitative estimate of drug-likeness (QED) is 0.781. The van der Waals surface area contributed by atoms with Crippen molar-refractivity contribution in [2.24, 2.45) is 0 Å². The van der Waals surface area contributed by atoms with E-state index in [0.717, 1.165) is 16.9 Å². The predicted octanol–water partition coefficient (Wildman–Crippen LogP) is 3.03. The summed E-state index contributed by atoms with van der Waals surface area (Å²) < 4.78 is 14.7. The topological polar surface area (TPSA) is 46.4 Å². The summed E-state index contributed by atoms with van der Waals surface area (Å²) in [5.41, 5.74) is 2.49. The number of imidazole rings is 1. The normalized spacial score (nSPS) is 10.9. The van der Waals surface area contributed by atoms with Gasteiger partial charge in [-0.05, 0) is 29.8 Å². The Morgan fingerprint density at radius 3 is 2.74 bits per heavy atom. The highest BCUT2D eigenvalue weighted by Gasteiger charge is 2.05. The van der Waals surface area contributed by atoms with Crippen molar-refractivity contribution in [3.8, 4) is 0 Å². The van der Waals surface area contributed by atoms with Crippen molar-refractivity contribution in [3.63, 3.8) is 0 Å². The Bertz CT molecular complexity index is 829. The number of pyridine rings is 1. The van der Waals surface area contributed by atoms with Crippen LogP contribution in [0.3, 0.4) is 0 Å². The van der Waals surface area contributed by atoms with Crippen LogP contribution in [-0.2, 0) is 17.6 Å². The molecule has 2 aromatic heterocycles. The SMILES string of the molecule is O=C(Cc1ccc(F)cc1)NCCc1cn2cc(Cl)ccc2n1. The fraction of sp³-hybridized carbons (Fsp3) is 0.176. The van der Waals surface area contributed by atoms with E-state index in [9.17, 15) is 9.18 Å². The maximum Gasteiger partial charge on any atom is 0.224 e. The summed E-state index contributed by atoms with van der Waals surface area (Å²) in [5.74, 6) is -0.399. The molecule has 4 nitrogen and oxygen atoms in total. The van der Waals surface area contributed by atoms with Gasteiger partial charge in [-0.25, -0.2) is 9.37 Å². The van der Waals surface area contributed by atoms with E-state index < -0.39 is 0 Å². The molecule has 1 amide bonds. The number of nitrogens with one attached hydrogen (secondary N) is 1. The van der Waals surface area contributed by atoms with Crippen LogP contribution < -0.4 is 5.32 Å². The van der Waals surface area contributed by atoms with Gasteiger partial charge in [0.2, 0.25) is 5.91 Å². The zero-order valence-corrected chi connectivity index (χ0v) is 13.1. The van der Waals surface area contributed by atoms with Crippen molar-refractivity contribution in [1.82, 2.24) is 14.7 Å². The summed E-state index contributed by atoms with van der Waals surface area (Å²) in [6.45, 7) is 0.498. The summed E-state index contributed by atoms with van der Waals surface area (Å²) in [4.78, 5) is 16.3. The third kappa shape index (κ3) is 4.07. The summed E-state index contributed by atoms with van der Waals surface area (Å²) in [5, 5.41) is 3.49. The molecule has 0 bridgehead atoms. The van der Waals surface area contributed by atoms with Gasteiger partial charge in [0.05, 0.1) is 17.1 Å². The molecule has 0 aliphatic rings. The highest BCUT2D eigenvalue weighted by Crippen LogP contribution is 2.11. The minimum absolute atomic E-state index is 0.0941. The molecular weight excluding hydrogens is 317 g/mol. The highest BCUT2D eigenvalue weighted by molar-refractivity contribution is 6.30. The predicted molar refractivity (Wildman–Crippen MR) is 87.0 cm³/mol. The van der Waals surface area contributed by atoms with Crippen molar-refractivity contribution in [1.29, 1.82) is 0 Å². The van der Waals surface area contributed by atoms with E-state index in [-0.39, 0.29) is 18.1 Å². The lowest BCUT2D eigenvalue weighted by atomic mass is 10.1. The lowest BCUT2D eigenvalue weighted by Gasteiger charge is -2.04. The van der Waals surface area contributed by atoms with Gasteiger partial charge in [0.1, 0.15) is 11.5 Å². The first kappa shape index (κ1) is 15.5. The minimum atomic E-state index is -0.305. The number of benzene rings is 1. The van der Waals surface area contributed by atoms with Gasteiger partial charge in [0.25, 0.3) is 0 Å². The molecule has 1 aromatic carbocycles. The van der Waals surface area contributed by atoms with Gasteiger partial charge in [0.15, 0.2) is 0 Å². The highest BCUT2D eigenvalue weighted by atomic mass is 35.5. The Kier molecular flexibility index (Phi) is 4.57. The fourth-order valence-corrected chi connectivity index (χ4v) is 2.49. The van der Waals surface area contributed by atoms with E-state index in [4.69, 9.17) is 11.6 Å². The standard InChI is InChI=1S/C17H15ClFN3O/c18-13-3-6-16-21-15(11-22(16)10-13)7-8-20-17(23)9-12-1-4-14(19)5-2-12/h1-6,10-11H,7-9H2,(H,20,23). The molecule has 0 saturated heterocycles. The molecule has 0 fully saturated rings. The smallest absolute Gasteiger partial charge is 0.224 e. The van der Waals surface area contributed by atoms with Crippen molar-refractivity contribution >= 4 is 23.2 Å². The Labute approximate surface area is 137 Å². The number of carbonyl (C=O) groups is 1. The number of aromatic nitrogens is 2. The van der Waals surface area contributed by atoms with Crippen LogP contribution in [0, 0.1) is 5.82 Å². The van der Waals surface area contributed by atoms with Gasteiger partial charge in [0, 0.05) is 25.4 Å². The Balaban J connectivity index is 1.51. The largest absolute Gasteiger partial charge is 0.355 e. The van der Waals surface area contributed by atoms with Crippen LogP contribution in [0.4, 0.5) is 4.39 Å². The number of hydrogen-bond donors (Lipinski definition) is 1.